The first kappa shape index (κ1) is 22.1. The molecule has 0 unspecified atom stereocenters. The van der Waals surface area contributed by atoms with Gasteiger partial charge in [0.25, 0.3) is 0 Å². The van der Waals surface area contributed by atoms with E-state index in [1.54, 1.807) is 48.9 Å². The van der Waals surface area contributed by atoms with Crippen molar-refractivity contribution in [3.8, 4) is 11.5 Å². The zero-order valence-corrected chi connectivity index (χ0v) is 19.4. The summed E-state index contributed by atoms with van der Waals surface area (Å²) in [4.78, 5) is 13.7. The molecule has 0 radical (unpaired) electrons. The van der Waals surface area contributed by atoms with Crippen LogP contribution in [-0.2, 0) is 14.6 Å². The molecule has 1 aromatic heterocycles. The summed E-state index contributed by atoms with van der Waals surface area (Å²) >= 11 is 1.32. The van der Waals surface area contributed by atoms with Crippen molar-refractivity contribution in [2.75, 3.05) is 19.0 Å². The van der Waals surface area contributed by atoms with Gasteiger partial charge in [0.05, 0.1) is 17.7 Å². The van der Waals surface area contributed by atoms with Crippen molar-refractivity contribution in [3.05, 3.63) is 76.5 Å². The largest absolute Gasteiger partial charge is 0.493 e. The summed E-state index contributed by atoms with van der Waals surface area (Å²) in [6.07, 6.45) is 1.81. The highest BCUT2D eigenvalue weighted by molar-refractivity contribution is 7.91. The molecule has 166 valence electrons. The fourth-order valence-electron chi connectivity index (χ4n) is 3.76. The van der Waals surface area contributed by atoms with E-state index in [-0.39, 0.29) is 34.6 Å². The molecule has 0 bridgehead atoms. The molecule has 1 atom stereocenters. The minimum Gasteiger partial charge on any atom is -0.493 e. The van der Waals surface area contributed by atoms with E-state index >= 15 is 0 Å². The molecule has 1 aliphatic heterocycles. The second-order valence-electron chi connectivity index (χ2n) is 7.44. The van der Waals surface area contributed by atoms with E-state index in [0.29, 0.717) is 17.2 Å². The molecule has 0 spiro atoms. The molecule has 2 heterocycles. The number of anilines is 1. The third-order valence-electron chi connectivity index (χ3n) is 5.33. The maximum absolute atomic E-state index is 13.3. The summed E-state index contributed by atoms with van der Waals surface area (Å²) in [7, 11) is -2.24. The summed E-state index contributed by atoms with van der Waals surface area (Å²) in [6, 6.07) is 12.2. The first-order valence-corrected chi connectivity index (χ1v) is 12.4. The van der Waals surface area contributed by atoms with Gasteiger partial charge in [-0.05, 0) is 25.1 Å². The highest BCUT2D eigenvalue weighted by Crippen LogP contribution is 2.49. The van der Waals surface area contributed by atoms with E-state index in [9.17, 15) is 13.2 Å². The number of nitrogens with one attached hydrogen (secondary N) is 1. The second-order valence-corrected chi connectivity index (χ2v) is 10.3. The third kappa shape index (κ3) is 3.91. The fourth-order valence-corrected chi connectivity index (χ4v) is 6.66. The lowest BCUT2D eigenvalue weighted by atomic mass is 9.89. The van der Waals surface area contributed by atoms with Crippen LogP contribution in [0.4, 0.5) is 5.69 Å². The Morgan fingerprint density at radius 1 is 1.22 bits per heavy atom. The van der Waals surface area contributed by atoms with Gasteiger partial charge in [0.1, 0.15) is 11.5 Å². The monoisotopic (exact) mass is 469 g/mol. The van der Waals surface area contributed by atoms with Gasteiger partial charge in [-0.15, -0.1) is 11.3 Å². The van der Waals surface area contributed by atoms with Gasteiger partial charge in [-0.2, -0.15) is 0 Å². The predicted molar refractivity (Wildman–Crippen MR) is 125 cm³/mol. The van der Waals surface area contributed by atoms with Gasteiger partial charge in [0.2, 0.25) is 15.7 Å². The molecule has 4 rings (SSSR count). The first-order valence-electron chi connectivity index (χ1n) is 10.0. The van der Waals surface area contributed by atoms with Crippen molar-refractivity contribution in [2.45, 2.75) is 29.1 Å². The zero-order valence-electron chi connectivity index (χ0n) is 17.8. The molecule has 1 aliphatic rings. The number of ether oxygens (including phenoxy) is 2. The van der Waals surface area contributed by atoms with Gasteiger partial charge in [-0.3, -0.25) is 4.79 Å². The number of methoxy groups -OCH3 is 1. The summed E-state index contributed by atoms with van der Waals surface area (Å²) in [5.74, 6) is 0.456. The van der Waals surface area contributed by atoms with Crippen molar-refractivity contribution in [3.63, 3.8) is 0 Å². The average molecular weight is 470 g/mol. The molecule has 32 heavy (non-hydrogen) atoms. The molecule has 6 nitrogen and oxygen atoms in total. The van der Waals surface area contributed by atoms with Crippen molar-refractivity contribution in [1.29, 1.82) is 0 Å². The number of hydrogen-bond donors (Lipinski definition) is 1. The molecular formula is C24H23NO5S2. The Balaban J connectivity index is 1.83. The average Bonchev–Trinajstić information content (AvgIpc) is 3.21. The number of thiophene rings is 1. The van der Waals surface area contributed by atoms with Gasteiger partial charge >= 0.3 is 0 Å². The van der Waals surface area contributed by atoms with Gasteiger partial charge in [0.15, 0.2) is 11.5 Å². The first-order chi connectivity index (χ1) is 15.4. The number of hydrogen-bond acceptors (Lipinski definition) is 6. The van der Waals surface area contributed by atoms with Crippen LogP contribution in [0.25, 0.3) is 0 Å². The van der Waals surface area contributed by atoms with Crippen LogP contribution >= 0.6 is 11.3 Å². The zero-order chi connectivity index (χ0) is 22.9. The van der Waals surface area contributed by atoms with Crippen LogP contribution in [0.1, 0.15) is 28.3 Å². The molecule has 2 aromatic carbocycles. The lowest BCUT2D eigenvalue weighted by molar-refractivity contribution is -0.116. The maximum Gasteiger partial charge on any atom is 0.225 e. The normalized spacial score (nSPS) is 15.6. The number of benzene rings is 2. The van der Waals surface area contributed by atoms with Crippen LogP contribution in [0, 0.1) is 6.92 Å². The number of carbonyl (C=O) groups is 1. The van der Waals surface area contributed by atoms with Crippen LogP contribution in [-0.4, -0.2) is 28.0 Å². The summed E-state index contributed by atoms with van der Waals surface area (Å²) in [6.45, 7) is 5.86. The topological polar surface area (TPSA) is 81.7 Å². The Bertz CT molecular complexity index is 1280. The molecule has 3 aromatic rings. The molecular weight excluding hydrogens is 446 g/mol. The molecule has 0 fully saturated rings. The number of carbonyl (C=O) groups excluding carboxylic acids is 1. The van der Waals surface area contributed by atoms with Crippen LogP contribution in [0.5, 0.6) is 11.5 Å². The Morgan fingerprint density at radius 3 is 2.66 bits per heavy atom. The number of para-hydroxylation sites is 1. The molecule has 1 N–H and O–H groups in total. The van der Waals surface area contributed by atoms with E-state index in [0.717, 1.165) is 16.0 Å². The lowest BCUT2D eigenvalue weighted by Gasteiger charge is -2.26. The Kier molecular flexibility index (Phi) is 6.08. The lowest BCUT2D eigenvalue weighted by Crippen LogP contribution is -2.24. The van der Waals surface area contributed by atoms with E-state index < -0.39 is 9.84 Å². The van der Waals surface area contributed by atoms with Crippen LogP contribution in [0.2, 0.25) is 0 Å². The minimum atomic E-state index is -3.79. The van der Waals surface area contributed by atoms with E-state index in [1.807, 2.05) is 19.1 Å². The van der Waals surface area contributed by atoms with Crippen molar-refractivity contribution in [2.24, 2.45) is 0 Å². The predicted octanol–water partition coefficient (Wildman–Crippen LogP) is 4.94. The number of sulfone groups is 1. The number of aryl methyl sites for hydroxylation is 1. The molecule has 8 heteroatoms. The van der Waals surface area contributed by atoms with Crippen molar-refractivity contribution in [1.82, 2.24) is 0 Å². The van der Waals surface area contributed by atoms with E-state index in [4.69, 9.17) is 9.47 Å². The number of rotatable bonds is 7. The second kappa shape index (κ2) is 8.80. The molecule has 0 saturated heterocycles. The van der Waals surface area contributed by atoms with Crippen LogP contribution in [0.15, 0.2) is 70.3 Å². The third-order valence-corrected chi connectivity index (χ3v) is 8.37. The SMILES string of the molecule is C=CCOc1c(OC)cccc1[C@H]1CC(=O)Nc2c(S(=O)(=O)c3ccc(C)cc3)csc21. The molecule has 1 amide bonds. The Labute approximate surface area is 191 Å². The smallest absolute Gasteiger partial charge is 0.225 e. The Hall–Kier alpha value is -3.10. The molecule has 0 aliphatic carbocycles. The van der Waals surface area contributed by atoms with E-state index in [1.165, 1.54) is 11.3 Å². The summed E-state index contributed by atoms with van der Waals surface area (Å²) in [5, 5.41) is 4.39. The highest BCUT2D eigenvalue weighted by atomic mass is 32.2. The van der Waals surface area contributed by atoms with E-state index in [2.05, 4.69) is 11.9 Å². The Morgan fingerprint density at radius 2 is 1.97 bits per heavy atom. The molecule has 0 saturated carbocycles. The minimum absolute atomic E-state index is 0.107. The quantitative estimate of drug-likeness (QED) is 0.496. The summed E-state index contributed by atoms with van der Waals surface area (Å²) < 4.78 is 38.0. The summed E-state index contributed by atoms with van der Waals surface area (Å²) in [5.41, 5.74) is 2.08. The fraction of sp³-hybridized carbons (Fsp3) is 0.208. The van der Waals surface area contributed by atoms with Crippen LogP contribution in [0.3, 0.4) is 0 Å². The maximum atomic E-state index is 13.3. The van der Waals surface area contributed by atoms with Gasteiger partial charge in [-0.1, -0.05) is 42.5 Å². The van der Waals surface area contributed by atoms with Gasteiger partial charge < -0.3 is 14.8 Å². The number of fused-ring (bicyclic) bond motifs is 1. The van der Waals surface area contributed by atoms with Crippen molar-refractivity contribution < 1.29 is 22.7 Å². The van der Waals surface area contributed by atoms with Gasteiger partial charge in [-0.25, -0.2) is 8.42 Å². The highest BCUT2D eigenvalue weighted by Gasteiger charge is 2.36. The van der Waals surface area contributed by atoms with Gasteiger partial charge in [0, 0.05) is 28.2 Å². The van der Waals surface area contributed by atoms with Crippen molar-refractivity contribution >= 4 is 32.8 Å². The number of amides is 1. The standard InChI is InChI=1S/C24H23NO5S2/c1-4-12-30-23-17(6-5-7-19(23)29-3)18-13-21(26)25-22-20(14-31-24(18)22)32(27,28)16-10-8-15(2)9-11-16/h4-11,14,18H,1,12-13H2,2-3H3,(H,25,26)/t18-/m1/s1. The van der Waals surface area contributed by atoms with Crippen LogP contribution < -0.4 is 14.8 Å².